The van der Waals surface area contributed by atoms with Crippen LogP contribution in [-0.2, 0) is 14.3 Å². The molecular formula is C23H30N3O4+. The maximum Gasteiger partial charge on any atom is 0.279 e. The first-order valence-electron chi connectivity index (χ1n) is 9.90. The van der Waals surface area contributed by atoms with E-state index in [4.69, 9.17) is 4.74 Å². The Labute approximate surface area is 177 Å². The minimum atomic E-state index is -0.269. The van der Waals surface area contributed by atoms with Gasteiger partial charge in [-0.2, -0.15) is 0 Å². The summed E-state index contributed by atoms with van der Waals surface area (Å²) in [5, 5.41) is 5.71. The number of para-hydroxylation sites is 1. The smallest absolute Gasteiger partial charge is 0.279 e. The molecule has 0 aromatic heterocycles. The van der Waals surface area contributed by atoms with Crippen LogP contribution in [-0.4, -0.2) is 50.9 Å². The molecule has 0 heterocycles. The molecule has 2 amide bonds. The topological polar surface area (TPSA) is 88.9 Å². The maximum atomic E-state index is 12.6. The van der Waals surface area contributed by atoms with Crippen LogP contribution in [0.3, 0.4) is 0 Å². The Morgan fingerprint density at radius 2 is 1.50 bits per heavy atom. The molecule has 0 fully saturated rings. The molecule has 3 N–H and O–H groups in total. The van der Waals surface area contributed by atoms with Gasteiger partial charge < -0.3 is 20.3 Å². The number of ketones is 1. The number of hydrogen-bond donors (Lipinski definition) is 3. The Hall–Kier alpha value is -3.03. The molecule has 1 unspecified atom stereocenters. The number of carbonyl (C=O) groups excluding carboxylic acids is 3. The second kappa shape index (κ2) is 11.2. The number of methoxy groups -OCH3 is 1. The molecule has 7 heteroatoms. The fourth-order valence-corrected chi connectivity index (χ4v) is 3.11. The molecule has 0 spiro atoms. The summed E-state index contributed by atoms with van der Waals surface area (Å²) < 4.78 is 5.13. The number of quaternary nitrogens is 1. The minimum absolute atomic E-state index is 0.0792. The van der Waals surface area contributed by atoms with Crippen molar-refractivity contribution in [2.75, 3.05) is 44.0 Å². The van der Waals surface area contributed by atoms with E-state index in [2.05, 4.69) is 10.6 Å². The molecule has 0 aliphatic rings. The van der Waals surface area contributed by atoms with Gasteiger partial charge in [0.15, 0.2) is 18.9 Å². The van der Waals surface area contributed by atoms with Gasteiger partial charge in [0, 0.05) is 18.4 Å². The third kappa shape index (κ3) is 6.79. The molecule has 2 rings (SSSR count). The Morgan fingerprint density at radius 3 is 2.13 bits per heavy atom. The van der Waals surface area contributed by atoms with Crippen LogP contribution in [0.2, 0.25) is 0 Å². The summed E-state index contributed by atoms with van der Waals surface area (Å²) in [6.07, 6.45) is 0. The highest BCUT2D eigenvalue weighted by Crippen LogP contribution is 2.17. The zero-order valence-electron chi connectivity index (χ0n) is 18.0. The summed E-state index contributed by atoms with van der Waals surface area (Å²) in [6, 6.07) is 12.6. The van der Waals surface area contributed by atoms with Gasteiger partial charge in [-0.1, -0.05) is 24.3 Å². The molecule has 0 aliphatic carbocycles. The summed E-state index contributed by atoms with van der Waals surface area (Å²) in [4.78, 5) is 37.7. The van der Waals surface area contributed by atoms with E-state index in [9.17, 15) is 14.4 Å². The molecular weight excluding hydrogens is 382 g/mol. The van der Waals surface area contributed by atoms with E-state index in [1.54, 1.807) is 31.4 Å². The predicted octanol–water partition coefficient (Wildman–Crippen LogP) is 1.61. The van der Waals surface area contributed by atoms with Crippen LogP contribution in [0.15, 0.2) is 42.5 Å². The first kappa shape index (κ1) is 23.3. The molecule has 7 nitrogen and oxygen atoms in total. The fraction of sp³-hybridized carbons (Fsp3) is 0.348. The monoisotopic (exact) mass is 412 g/mol. The van der Waals surface area contributed by atoms with E-state index in [-0.39, 0.29) is 30.7 Å². The zero-order chi connectivity index (χ0) is 22.1. The van der Waals surface area contributed by atoms with Crippen molar-refractivity contribution in [3.8, 4) is 0 Å². The van der Waals surface area contributed by atoms with E-state index in [1.807, 2.05) is 32.0 Å². The molecule has 30 heavy (non-hydrogen) atoms. The normalized spacial score (nSPS) is 11.6. The second-order valence-electron chi connectivity index (χ2n) is 7.29. The molecule has 0 bridgehead atoms. The van der Waals surface area contributed by atoms with E-state index in [0.29, 0.717) is 24.4 Å². The Kier molecular flexibility index (Phi) is 8.70. The van der Waals surface area contributed by atoms with Gasteiger partial charge in [0.1, 0.15) is 6.54 Å². The molecule has 2 aromatic carbocycles. The third-order valence-electron chi connectivity index (χ3n) is 4.94. The van der Waals surface area contributed by atoms with Crippen molar-refractivity contribution in [3.05, 3.63) is 59.2 Å². The van der Waals surface area contributed by atoms with E-state index >= 15 is 0 Å². The third-order valence-corrected chi connectivity index (χ3v) is 4.94. The number of amides is 2. The highest BCUT2D eigenvalue weighted by molar-refractivity contribution is 6.03. The van der Waals surface area contributed by atoms with Crippen molar-refractivity contribution in [2.45, 2.75) is 20.8 Å². The molecule has 0 aliphatic heterocycles. The quantitative estimate of drug-likeness (QED) is 0.518. The van der Waals surface area contributed by atoms with Crippen molar-refractivity contribution >= 4 is 29.0 Å². The van der Waals surface area contributed by atoms with Gasteiger partial charge >= 0.3 is 0 Å². The standard InChI is InChI=1S/C23H29N3O4/c1-16-8-7-11-20(17(16)2)24-22(28)14-26(12-13-30-4)15-23(29)25-21-10-6-5-9-19(21)18(3)27/h5-11H,12-15H2,1-4H3,(H,24,28)(H,25,29)/p+1. The van der Waals surface area contributed by atoms with E-state index < -0.39 is 0 Å². The number of aryl methyl sites for hydroxylation is 1. The number of nitrogens with one attached hydrogen (secondary N) is 3. The lowest BCUT2D eigenvalue weighted by atomic mass is 10.1. The number of ether oxygens (including phenoxy) is 1. The number of Topliss-reactive ketones (excluding diaryl/α,β-unsaturated/α-hetero) is 1. The Morgan fingerprint density at radius 1 is 0.900 bits per heavy atom. The van der Waals surface area contributed by atoms with Crippen molar-refractivity contribution in [2.24, 2.45) is 0 Å². The second-order valence-corrected chi connectivity index (χ2v) is 7.29. The SMILES string of the molecule is COCC[NH+](CC(=O)Nc1ccccc1C(C)=O)CC(=O)Nc1cccc(C)c1C. The van der Waals surface area contributed by atoms with E-state index in [0.717, 1.165) is 21.7 Å². The van der Waals surface area contributed by atoms with Crippen molar-refractivity contribution in [1.82, 2.24) is 0 Å². The molecule has 0 radical (unpaired) electrons. The number of hydrogen-bond acceptors (Lipinski definition) is 4. The summed E-state index contributed by atoms with van der Waals surface area (Å²) in [5.41, 5.74) is 3.81. The summed E-state index contributed by atoms with van der Waals surface area (Å²) >= 11 is 0. The Balaban J connectivity index is 2.03. The van der Waals surface area contributed by atoms with Gasteiger partial charge in [0.05, 0.1) is 12.3 Å². The molecule has 2 aromatic rings. The van der Waals surface area contributed by atoms with Crippen molar-refractivity contribution in [1.29, 1.82) is 0 Å². The van der Waals surface area contributed by atoms with Crippen molar-refractivity contribution < 1.29 is 24.0 Å². The first-order valence-corrected chi connectivity index (χ1v) is 9.90. The first-order chi connectivity index (χ1) is 14.3. The van der Waals surface area contributed by atoms with Crippen LogP contribution in [0.1, 0.15) is 28.4 Å². The zero-order valence-corrected chi connectivity index (χ0v) is 18.0. The predicted molar refractivity (Wildman–Crippen MR) is 117 cm³/mol. The van der Waals surface area contributed by atoms with Gasteiger partial charge in [0.2, 0.25) is 0 Å². The number of carbonyl (C=O) groups is 3. The molecule has 0 saturated carbocycles. The fourth-order valence-electron chi connectivity index (χ4n) is 3.11. The van der Waals surface area contributed by atoms with Crippen LogP contribution >= 0.6 is 0 Å². The average Bonchev–Trinajstić information content (AvgIpc) is 2.69. The van der Waals surface area contributed by atoms with Gasteiger partial charge in [-0.25, -0.2) is 0 Å². The van der Waals surface area contributed by atoms with Crippen LogP contribution < -0.4 is 15.5 Å². The van der Waals surface area contributed by atoms with Crippen molar-refractivity contribution in [3.63, 3.8) is 0 Å². The number of anilines is 2. The summed E-state index contributed by atoms with van der Waals surface area (Å²) in [5.74, 6) is -0.566. The highest BCUT2D eigenvalue weighted by atomic mass is 16.5. The maximum absolute atomic E-state index is 12.6. The van der Waals surface area contributed by atoms with Gasteiger partial charge in [0.25, 0.3) is 11.8 Å². The van der Waals surface area contributed by atoms with E-state index in [1.165, 1.54) is 6.92 Å². The Bertz CT molecular complexity index is 911. The van der Waals surface area contributed by atoms with Gasteiger partial charge in [-0.05, 0) is 50.1 Å². The average molecular weight is 413 g/mol. The number of benzene rings is 2. The molecule has 1 atom stereocenters. The number of rotatable bonds is 10. The lowest BCUT2D eigenvalue weighted by Gasteiger charge is -2.19. The summed E-state index contributed by atoms with van der Waals surface area (Å²) in [6.45, 7) is 6.53. The molecule has 0 saturated heterocycles. The van der Waals surface area contributed by atoms with Crippen LogP contribution in [0, 0.1) is 13.8 Å². The van der Waals surface area contributed by atoms with Crippen LogP contribution in [0.4, 0.5) is 11.4 Å². The molecule has 160 valence electrons. The lowest BCUT2D eigenvalue weighted by molar-refractivity contribution is -0.883. The highest BCUT2D eigenvalue weighted by Gasteiger charge is 2.20. The van der Waals surface area contributed by atoms with Crippen LogP contribution in [0.25, 0.3) is 0 Å². The minimum Gasteiger partial charge on any atom is -0.379 e. The summed E-state index contributed by atoms with van der Waals surface area (Å²) in [7, 11) is 1.58. The van der Waals surface area contributed by atoms with Crippen LogP contribution in [0.5, 0.6) is 0 Å². The lowest BCUT2D eigenvalue weighted by Crippen LogP contribution is -3.14. The van der Waals surface area contributed by atoms with Gasteiger partial charge in [-0.3, -0.25) is 14.4 Å². The van der Waals surface area contributed by atoms with Gasteiger partial charge in [-0.15, -0.1) is 0 Å². The largest absolute Gasteiger partial charge is 0.379 e.